The van der Waals surface area contributed by atoms with E-state index in [1.54, 1.807) is 0 Å². The van der Waals surface area contributed by atoms with E-state index in [2.05, 4.69) is 10.2 Å². The summed E-state index contributed by atoms with van der Waals surface area (Å²) in [6.07, 6.45) is 1.19. The monoisotopic (exact) mass is 313 g/mol. The van der Waals surface area contributed by atoms with Gasteiger partial charge in [-0.25, -0.2) is 0 Å². The Bertz CT molecular complexity index is 522. The average Bonchev–Trinajstić information content (AvgIpc) is 2.49. The van der Waals surface area contributed by atoms with Gasteiger partial charge in [-0.2, -0.15) is 4.21 Å². The van der Waals surface area contributed by atoms with Crippen LogP contribution in [0.25, 0.3) is 0 Å². The van der Waals surface area contributed by atoms with Crippen molar-refractivity contribution in [3.05, 3.63) is 35.4 Å². The molecule has 0 spiro atoms. The van der Waals surface area contributed by atoms with E-state index in [1.165, 1.54) is 12.7 Å². The molecule has 0 aliphatic carbocycles. The summed E-state index contributed by atoms with van der Waals surface area (Å²) in [5.41, 5.74) is 2.36. The number of carbonyl (C=O) groups excluding carboxylic acids is 1. The van der Waals surface area contributed by atoms with Crippen LogP contribution < -0.4 is 0 Å². The molecule has 0 saturated heterocycles. The van der Waals surface area contributed by atoms with E-state index in [0.29, 0.717) is 25.9 Å². The minimum absolute atomic E-state index is 0.176. The first-order valence-electron chi connectivity index (χ1n) is 6.74. The number of hydrogen-bond donors (Lipinski definition) is 1. The predicted molar refractivity (Wildman–Crippen MR) is 77.7 cm³/mol. The fourth-order valence-electron chi connectivity index (χ4n) is 2.58. The maximum Gasteiger partial charge on any atom is 0.323 e. The third kappa shape index (κ3) is 4.34. The number of ether oxygens (including phenoxy) is 1. The maximum absolute atomic E-state index is 11.9. The molecule has 1 aromatic carbocycles. The fraction of sp³-hybridized carbons (Fsp3) is 0.500. The Hall–Kier alpha value is -1.28. The molecule has 1 heterocycles. The van der Waals surface area contributed by atoms with Crippen molar-refractivity contribution in [2.45, 2.75) is 25.4 Å². The van der Waals surface area contributed by atoms with Crippen molar-refractivity contribution in [3.8, 4) is 0 Å². The SMILES string of the molecule is COC(=O)C1Cc2ccccc2CN1CCCOS(=O)O. The molecule has 7 heteroatoms. The van der Waals surface area contributed by atoms with Gasteiger partial charge in [-0.1, -0.05) is 24.3 Å². The van der Waals surface area contributed by atoms with Gasteiger partial charge < -0.3 is 4.74 Å². The first kappa shape index (κ1) is 16.1. The molecule has 1 N–H and O–H groups in total. The zero-order valence-electron chi connectivity index (χ0n) is 11.9. The van der Waals surface area contributed by atoms with Gasteiger partial charge >= 0.3 is 17.3 Å². The molecule has 0 amide bonds. The lowest BCUT2D eigenvalue weighted by atomic mass is 9.94. The number of fused-ring (bicyclic) bond motifs is 1. The van der Waals surface area contributed by atoms with Crippen LogP contribution in [0.4, 0.5) is 0 Å². The van der Waals surface area contributed by atoms with Crippen LogP contribution in [-0.4, -0.2) is 45.9 Å². The summed E-state index contributed by atoms with van der Waals surface area (Å²) >= 11 is -2.24. The Balaban J connectivity index is 2.02. The Morgan fingerprint density at radius 3 is 2.81 bits per heavy atom. The summed E-state index contributed by atoms with van der Waals surface area (Å²) in [6.45, 7) is 1.44. The van der Waals surface area contributed by atoms with Crippen molar-refractivity contribution < 1.29 is 22.5 Å². The Kier molecular flexibility index (Phi) is 5.86. The van der Waals surface area contributed by atoms with Gasteiger partial charge in [0.2, 0.25) is 0 Å². The maximum atomic E-state index is 11.9. The van der Waals surface area contributed by atoms with Crippen LogP contribution in [0.5, 0.6) is 0 Å². The van der Waals surface area contributed by atoms with E-state index < -0.39 is 11.4 Å². The van der Waals surface area contributed by atoms with Gasteiger partial charge in [0.05, 0.1) is 13.7 Å². The largest absolute Gasteiger partial charge is 0.468 e. The highest BCUT2D eigenvalue weighted by Gasteiger charge is 2.31. The third-order valence-corrected chi connectivity index (χ3v) is 3.96. The number of carbonyl (C=O) groups is 1. The van der Waals surface area contributed by atoms with Crippen molar-refractivity contribution in [2.24, 2.45) is 0 Å². The Morgan fingerprint density at radius 1 is 1.43 bits per heavy atom. The molecule has 0 bridgehead atoms. The molecule has 1 aliphatic heterocycles. The lowest BCUT2D eigenvalue weighted by Crippen LogP contribution is -2.46. The summed E-state index contributed by atoms with van der Waals surface area (Å²) in [6, 6.07) is 7.71. The van der Waals surface area contributed by atoms with Gasteiger partial charge in [0, 0.05) is 13.1 Å². The van der Waals surface area contributed by atoms with E-state index in [1.807, 2.05) is 23.1 Å². The predicted octanol–water partition coefficient (Wildman–Crippen LogP) is 1.13. The molecule has 116 valence electrons. The van der Waals surface area contributed by atoms with Gasteiger partial charge in [-0.05, 0) is 24.0 Å². The van der Waals surface area contributed by atoms with Gasteiger partial charge in [-0.3, -0.25) is 18.4 Å². The quantitative estimate of drug-likeness (QED) is 0.482. The molecule has 0 radical (unpaired) electrons. The Morgan fingerprint density at radius 2 is 2.14 bits per heavy atom. The summed E-state index contributed by atoms with van der Waals surface area (Å²) in [4.78, 5) is 14.0. The molecule has 1 aromatic rings. The minimum atomic E-state index is -2.24. The number of benzene rings is 1. The fourth-order valence-corrected chi connectivity index (χ4v) is 2.84. The molecule has 2 atom stereocenters. The van der Waals surface area contributed by atoms with Gasteiger partial charge in [0.25, 0.3) is 0 Å². The summed E-state index contributed by atoms with van der Waals surface area (Å²) in [7, 11) is 1.39. The van der Waals surface area contributed by atoms with Crippen LogP contribution >= 0.6 is 0 Å². The van der Waals surface area contributed by atoms with E-state index >= 15 is 0 Å². The molecule has 0 saturated carbocycles. The molecule has 2 rings (SSSR count). The number of nitrogens with zero attached hydrogens (tertiary/aromatic N) is 1. The van der Waals surface area contributed by atoms with Crippen LogP contribution in [-0.2, 0) is 38.0 Å². The van der Waals surface area contributed by atoms with Crippen LogP contribution in [0.2, 0.25) is 0 Å². The average molecular weight is 313 g/mol. The number of rotatable bonds is 6. The van der Waals surface area contributed by atoms with Crippen molar-refractivity contribution in [3.63, 3.8) is 0 Å². The number of esters is 1. The molecule has 0 aromatic heterocycles. The van der Waals surface area contributed by atoms with E-state index in [-0.39, 0.29) is 18.6 Å². The smallest absolute Gasteiger partial charge is 0.323 e. The first-order valence-corrected chi connectivity index (χ1v) is 7.77. The van der Waals surface area contributed by atoms with Crippen LogP contribution in [0.1, 0.15) is 17.5 Å². The topological polar surface area (TPSA) is 76.1 Å². The van der Waals surface area contributed by atoms with E-state index in [9.17, 15) is 9.00 Å². The number of hydrogen-bond acceptors (Lipinski definition) is 5. The standard InChI is InChI=1S/C14H19NO5S/c1-19-14(16)13-9-11-5-2-3-6-12(11)10-15(13)7-4-8-20-21(17)18/h2-3,5-6,13H,4,7-10H2,1H3,(H,17,18). The second kappa shape index (κ2) is 7.65. The van der Waals surface area contributed by atoms with Crippen LogP contribution in [0, 0.1) is 0 Å². The zero-order chi connectivity index (χ0) is 15.2. The van der Waals surface area contributed by atoms with Crippen LogP contribution in [0.3, 0.4) is 0 Å². The van der Waals surface area contributed by atoms with Crippen molar-refractivity contribution in [1.82, 2.24) is 4.90 Å². The normalized spacial score (nSPS) is 19.8. The molecular formula is C14H19NO5S. The lowest BCUT2D eigenvalue weighted by Gasteiger charge is -2.35. The van der Waals surface area contributed by atoms with Gasteiger partial charge in [0.15, 0.2) is 0 Å². The zero-order valence-corrected chi connectivity index (χ0v) is 12.7. The summed E-state index contributed by atoms with van der Waals surface area (Å²) < 4.78 is 28.5. The van der Waals surface area contributed by atoms with Gasteiger partial charge in [0.1, 0.15) is 6.04 Å². The first-order chi connectivity index (χ1) is 10.1. The Labute approximate surface area is 126 Å². The van der Waals surface area contributed by atoms with E-state index in [4.69, 9.17) is 9.29 Å². The second-order valence-electron chi connectivity index (χ2n) is 4.87. The van der Waals surface area contributed by atoms with Crippen molar-refractivity contribution >= 4 is 17.3 Å². The van der Waals surface area contributed by atoms with E-state index in [0.717, 1.165) is 5.56 Å². The molecule has 1 aliphatic rings. The lowest BCUT2D eigenvalue weighted by molar-refractivity contribution is -0.147. The van der Waals surface area contributed by atoms with Gasteiger partial charge in [-0.15, -0.1) is 0 Å². The highest BCUT2D eigenvalue weighted by atomic mass is 32.2. The highest BCUT2D eigenvalue weighted by molar-refractivity contribution is 7.74. The molecule has 0 fully saturated rings. The molecule has 2 unspecified atom stereocenters. The molecule has 21 heavy (non-hydrogen) atoms. The molecule has 6 nitrogen and oxygen atoms in total. The molecular weight excluding hydrogens is 294 g/mol. The number of methoxy groups -OCH3 is 1. The minimum Gasteiger partial charge on any atom is -0.468 e. The van der Waals surface area contributed by atoms with Crippen LogP contribution in [0.15, 0.2) is 24.3 Å². The van der Waals surface area contributed by atoms with Crippen molar-refractivity contribution in [2.75, 3.05) is 20.3 Å². The highest BCUT2D eigenvalue weighted by Crippen LogP contribution is 2.24. The summed E-state index contributed by atoms with van der Waals surface area (Å²) in [5.74, 6) is -0.254. The second-order valence-corrected chi connectivity index (χ2v) is 5.54. The summed E-state index contributed by atoms with van der Waals surface area (Å²) in [5, 5.41) is 0. The third-order valence-electron chi connectivity index (χ3n) is 3.59. The van der Waals surface area contributed by atoms with Crippen molar-refractivity contribution in [1.29, 1.82) is 0 Å².